The van der Waals surface area contributed by atoms with Crippen molar-refractivity contribution in [2.75, 3.05) is 0 Å². The molecule has 0 aliphatic heterocycles. The molecule has 0 spiro atoms. The molecule has 0 atom stereocenters. The van der Waals surface area contributed by atoms with Crippen molar-refractivity contribution in [1.82, 2.24) is 0 Å². The van der Waals surface area contributed by atoms with E-state index in [0.717, 1.165) is 0 Å². The molecule has 84 valence electrons. The highest BCUT2D eigenvalue weighted by molar-refractivity contribution is 5.11. The van der Waals surface area contributed by atoms with Gasteiger partial charge in [-0.2, -0.15) is 0 Å². The van der Waals surface area contributed by atoms with Crippen LogP contribution in [0.2, 0.25) is 0 Å². The third-order valence-corrected chi connectivity index (χ3v) is 1.43. The Morgan fingerprint density at radius 2 is 1.19 bits per heavy atom. The van der Waals surface area contributed by atoms with Gasteiger partial charge >= 0.3 is 11.3 Å². The maximum atomic E-state index is 10.2. The summed E-state index contributed by atoms with van der Waals surface area (Å²) in [7, 11) is 0. The molecule has 2 aromatic rings. The summed E-state index contributed by atoms with van der Waals surface area (Å²) >= 11 is 0. The average molecular weight is 224 g/mol. The minimum atomic E-state index is -0.701. The highest BCUT2D eigenvalue weighted by atomic mass is 16.4. The zero-order valence-corrected chi connectivity index (χ0v) is 7.99. The SMILES string of the molecule is O=c1occcc1O.O=c1occcc1O. The second kappa shape index (κ2) is 5.40. The normalized spacial score (nSPS) is 9.00. The van der Waals surface area contributed by atoms with Crippen molar-refractivity contribution in [3.05, 3.63) is 57.6 Å². The van der Waals surface area contributed by atoms with E-state index in [4.69, 9.17) is 10.2 Å². The number of hydrogen-bond donors (Lipinski definition) is 2. The standard InChI is InChI=1S/2C5H4O3/c2*6-4-2-1-3-8-5(4)7/h2*1-3,6H. The van der Waals surface area contributed by atoms with Crippen LogP contribution in [0.25, 0.3) is 0 Å². The van der Waals surface area contributed by atoms with Gasteiger partial charge in [0.05, 0.1) is 12.5 Å². The lowest BCUT2D eigenvalue weighted by molar-refractivity contribution is 0.412. The summed E-state index contributed by atoms with van der Waals surface area (Å²) in [5.74, 6) is -0.708. The van der Waals surface area contributed by atoms with Crippen molar-refractivity contribution in [2.45, 2.75) is 0 Å². The van der Waals surface area contributed by atoms with E-state index in [1.54, 1.807) is 0 Å². The molecule has 2 rings (SSSR count). The summed E-state index contributed by atoms with van der Waals surface area (Å²) in [6.07, 6.45) is 2.42. The lowest BCUT2D eigenvalue weighted by atomic mass is 10.5. The Bertz CT molecular complexity index is 502. The van der Waals surface area contributed by atoms with Gasteiger partial charge in [-0.3, -0.25) is 0 Å². The molecule has 0 radical (unpaired) electrons. The minimum absolute atomic E-state index is 0.354. The second-order valence-corrected chi connectivity index (χ2v) is 2.57. The zero-order valence-electron chi connectivity index (χ0n) is 7.99. The molecule has 2 aromatic heterocycles. The molecule has 0 aliphatic rings. The Labute approximate surface area is 89.0 Å². The molecule has 0 bridgehead atoms. The van der Waals surface area contributed by atoms with Crippen LogP contribution < -0.4 is 11.3 Å². The molecular formula is C10H8O6. The van der Waals surface area contributed by atoms with Crippen LogP contribution in [0, 0.1) is 0 Å². The average Bonchev–Trinajstić information content (AvgIpc) is 2.28. The summed E-state index contributed by atoms with van der Waals surface area (Å²) < 4.78 is 8.50. The van der Waals surface area contributed by atoms with E-state index in [2.05, 4.69) is 8.83 Å². The first-order chi connectivity index (χ1) is 7.61. The largest absolute Gasteiger partial charge is 0.502 e. The first-order valence-corrected chi connectivity index (χ1v) is 4.15. The fourth-order valence-corrected chi connectivity index (χ4v) is 0.720. The molecule has 0 saturated carbocycles. The van der Waals surface area contributed by atoms with E-state index in [0.29, 0.717) is 0 Å². The van der Waals surface area contributed by atoms with Crippen LogP contribution in [0.1, 0.15) is 0 Å². The van der Waals surface area contributed by atoms with Crippen LogP contribution in [-0.2, 0) is 0 Å². The third-order valence-electron chi connectivity index (χ3n) is 1.43. The predicted molar refractivity (Wildman–Crippen MR) is 53.3 cm³/mol. The van der Waals surface area contributed by atoms with Gasteiger partial charge in [-0.25, -0.2) is 9.59 Å². The van der Waals surface area contributed by atoms with E-state index in [9.17, 15) is 9.59 Å². The molecule has 0 saturated heterocycles. The molecule has 6 heteroatoms. The molecule has 2 N–H and O–H groups in total. The molecule has 2 heterocycles. The summed E-state index contributed by atoms with van der Waals surface area (Å²) in [5.41, 5.74) is -1.40. The molecule has 0 aliphatic carbocycles. The van der Waals surface area contributed by atoms with Crippen molar-refractivity contribution in [2.24, 2.45) is 0 Å². The minimum Gasteiger partial charge on any atom is -0.502 e. The molecular weight excluding hydrogens is 216 g/mol. The predicted octanol–water partition coefficient (Wildman–Crippen LogP) is 0.691. The van der Waals surface area contributed by atoms with E-state index in [-0.39, 0.29) is 11.5 Å². The van der Waals surface area contributed by atoms with Gasteiger partial charge in [0.2, 0.25) is 11.5 Å². The summed E-state index contributed by atoms with van der Waals surface area (Å²) in [6, 6.07) is 5.42. The van der Waals surface area contributed by atoms with Gasteiger partial charge in [0, 0.05) is 0 Å². The van der Waals surface area contributed by atoms with Gasteiger partial charge in [0.15, 0.2) is 0 Å². The van der Waals surface area contributed by atoms with Crippen LogP contribution in [-0.4, -0.2) is 10.2 Å². The lowest BCUT2D eigenvalue weighted by Gasteiger charge is -1.81. The molecule has 0 aromatic carbocycles. The fourth-order valence-electron chi connectivity index (χ4n) is 0.720. The van der Waals surface area contributed by atoms with E-state index < -0.39 is 11.3 Å². The van der Waals surface area contributed by atoms with Crippen LogP contribution >= 0.6 is 0 Å². The first kappa shape index (κ1) is 11.6. The van der Waals surface area contributed by atoms with Gasteiger partial charge in [-0.05, 0) is 24.3 Å². The third kappa shape index (κ3) is 3.33. The highest BCUT2D eigenvalue weighted by Gasteiger charge is 1.90. The van der Waals surface area contributed by atoms with Crippen molar-refractivity contribution >= 4 is 0 Å². The summed E-state index contributed by atoms with van der Waals surface area (Å²) in [4.78, 5) is 20.4. The molecule has 0 fully saturated rings. The van der Waals surface area contributed by atoms with Crippen molar-refractivity contribution < 1.29 is 19.0 Å². The van der Waals surface area contributed by atoms with E-state index in [1.807, 2.05) is 0 Å². The topological polar surface area (TPSA) is 101 Å². The molecule has 0 unspecified atom stereocenters. The van der Waals surface area contributed by atoms with Crippen LogP contribution in [0.5, 0.6) is 11.5 Å². The second-order valence-electron chi connectivity index (χ2n) is 2.57. The lowest BCUT2D eigenvalue weighted by Crippen LogP contribution is -1.93. The smallest absolute Gasteiger partial charge is 0.378 e. The highest BCUT2D eigenvalue weighted by Crippen LogP contribution is 1.95. The van der Waals surface area contributed by atoms with Gasteiger partial charge < -0.3 is 19.0 Å². The number of rotatable bonds is 0. The van der Waals surface area contributed by atoms with Crippen LogP contribution in [0.15, 0.2) is 55.2 Å². The van der Waals surface area contributed by atoms with Crippen molar-refractivity contribution in [1.29, 1.82) is 0 Å². The van der Waals surface area contributed by atoms with Gasteiger partial charge in [0.1, 0.15) is 0 Å². The Morgan fingerprint density at radius 1 is 0.812 bits per heavy atom. The summed E-state index contributed by atoms with van der Waals surface area (Å²) in [5, 5.41) is 17.0. The Hall–Kier alpha value is -2.50. The first-order valence-electron chi connectivity index (χ1n) is 4.15. The van der Waals surface area contributed by atoms with Crippen LogP contribution in [0.3, 0.4) is 0 Å². The number of aromatic hydroxyl groups is 2. The van der Waals surface area contributed by atoms with Gasteiger partial charge in [0.25, 0.3) is 0 Å². The molecule has 6 nitrogen and oxygen atoms in total. The Morgan fingerprint density at radius 3 is 1.38 bits per heavy atom. The Balaban J connectivity index is 0.000000160. The van der Waals surface area contributed by atoms with Gasteiger partial charge in [-0.1, -0.05) is 0 Å². The van der Waals surface area contributed by atoms with Gasteiger partial charge in [-0.15, -0.1) is 0 Å². The monoisotopic (exact) mass is 224 g/mol. The van der Waals surface area contributed by atoms with E-state index in [1.165, 1.54) is 36.8 Å². The number of hydrogen-bond acceptors (Lipinski definition) is 6. The van der Waals surface area contributed by atoms with E-state index >= 15 is 0 Å². The molecule has 0 amide bonds. The maximum Gasteiger partial charge on any atom is 0.378 e. The Kier molecular flexibility index (Phi) is 3.90. The maximum absolute atomic E-state index is 10.2. The van der Waals surface area contributed by atoms with Crippen LogP contribution in [0.4, 0.5) is 0 Å². The summed E-state index contributed by atoms with van der Waals surface area (Å²) in [6.45, 7) is 0. The fraction of sp³-hybridized carbons (Fsp3) is 0. The van der Waals surface area contributed by atoms with Crippen molar-refractivity contribution in [3.63, 3.8) is 0 Å². The molecule has 16 heavy (non-hydrogen) atoms. The van der Waals surface area contributed by atoms with Crippen molar-refractivity contribution in [3.8, 4) is 11.5 Å². The quantitative estimate of drug-likeness (QED) is 0.682. The zero-order chi connectivity index (χ0) is 12.0.